The molecule has 0 aliphatic carbocycles. The molecule has 0 spiro atoms. The largest absolute Gasteiger partial charge is 0.479 e. The molecule has 0 radical (unpaired) electrons. The van der Waals surface area contributed by atoms with E-state index in [2.05, 4.69) is 10.8 Å². The van der Waals surface area contributed by atoms with Crippen LogP contribution >= 0.6 is 12.0 Å². The maximum atomic E-state index is 9.74. The number of aliphatic carboxylic acids is 2. The molecule has 14 heavy (non-hydrogen) atoms. The van der Waals surface area contributed by atoms with Crippen LogP contribution in [-0.4, -0.2) is 39.8 Å². The van der Waals surface area contributed by atoms with Crippen LogP contribution in [0.4, 0.5) is 0 Å². The summed E-state index contributed by atoms with van der Waals surface area (Å²) in [4.78, 5) is 19.3. The third-order valence-corrected chi connectivity index (χ3v) is 1.34. The molecule has 1 atom stereocenters. The molecule has 0 aliphatic rings. The molecule has 0 saturated heterocycles. The van der Waals surface area contributed by atoms with Crippen molar-refractivity contribution in [3.8, 4) is 0 Å². The summed E-state index contributed by atoms with van der Waals surface area (Å²) in [6.45, 7) is 4.60. The molecule has 82 valence electrons. The average Bonchev–Trinajstić information content (AvgIpc) is 2.05. The number of hydrogen-bond donors (Lipinski definition) is 3. The fourth-order valence-electron chi connectivity index (χ4n) is 0.132. The first kappa shape index (κ1) is 15.4. The van der Waals surface area contributed by atoms with Gasteiger partial charge in [0, 0.05) is 17.6 Å². The first-order chi connectivity index (χ1) is 6.32. The second kappa shape index (κ2) is 8.54. The molecule has 0 amide bonds. The lowest BCUT2D eigenvalue weighted by Crippen LogP contribution is -2.14. The van der Waals surface area contributed by atoms with Crippen LogP contribution in [-0.2, 0) is 13.8 Å². The molecule has 0 aromatic rings. The highest BCUT2D eigenvalue weighted by Gasteiger charge is 2.12. The van der Waals surface area contributed by atoms with E-state index in [1.807, 2.05) is 0 Å². The molecule has 0 saturated carbocycles. The molecular formula is C7H12O6S. The van der Waals surface area contributed by atoms with Gasteiger partial charge < -0.3 is 19.5 Å². The van der Waals surface area contributed by atoms with Gasteiger partial charge >= 0.3 is 11.9 Å². The quantitative estimate of drug-likeness (QED) is 0.359. The highest BCUT2D eigenvalue weighted by Crippen LogP contribution is 2.06. The number of carboxylic acids is 2. The van der Waals surface area contributed by atoms with Gasteiger partial charge in [-0.15, -0.1) is 0 Å². The van der Waals surface area contributed by atoms with Crippen LogP contribution in [0.25, 0.3) is 0 Å². The Morgan fingerprint density at radius 2 is 1.79 bits per heavy atom. The van der Waals surface area contributed by atoms with E-state index in [1.54, 1.807) is 0 Å². The number of aliphatic hydroxyl groups is 1. The number of aliphatic hydroxyl groups excluding tert-OH is 1. The zero-order chi connectivity index (χ0) is 11.7. The highest BCUT2D eigenvalue weighted by atomic mass is 32.2. The predicted octanol–water partition coefficient (Wildman–Crippen LogP) is 0.331. The lowest BCUT2D eigenvalue weighted by atomic mass is 10.4. The Balaban J connectivity index is 0. The summed E-state index contributed by atoms with van der Waals surface area (Å²) in [5.74, 6) is -2.23. The molecule has 6 nitrogen and oxygen atoms in total. The van der Waals surface area contributed by atoms with Crippen LogP contribution in [0.5, 0.6) is 0 Å². The zero-order valence-corrected chi connectivity index (χ0v) is 8.58. The first-order valence-electron chi connectivity index (χ1n) is 3.32. The number of rotatable bonds is 4. The Morgan fingerprint density at radius 3 is 1.86 bits per heavy atom. The van der Waals surface area contributed by atoms with Crippen molar-refractivity contribution in [2.75, 3.05) is 7.11 Å². The molecule has 0 aliphatic heterocycles. The van der Waals surface area contributed by atoms with E-state index in [0.29, 0.717) is 12.0 Å². The van der Waals surface area contributed by atoms with E-state index >= 15 is 0 Å². The van der Waals surface area contributed by atoms with Crippen LogP contribution in [0, 0.1) is 0 Å². The average molecular weight is 224 g/mol. The molecule has 0 rings (SSSR count). The third kappa shape index (κ3) is 11.0. The number of hydrogen-bond acceptors (Lipinski definition) is 5. The van der Waals surface area contributed by atoms with E-state index in [0.717, 1.165) is 0 Å². The molecular weight excluding hydrogens is 212 g/mol. The molecule has 0 fully saturated rings. The van der Waals surface area contributed by atoms with Crippen LogP contribution in [0.2, 0.25) is 0 Å². The second-order valence-corrected chi connectivity index (χ2v) is 3.01. The van der Waals surface area contributed by atoms with Crippen molar-refractivity contribution in [3.63, 3.8) is 0 Å². The first-order valence-corrected chi connectivity index (χ1v) is 4.12. The maximum absolute atomic E-state index is 9.74. The minimum atomic E-state index is -1.47. The van der Waals surface area contributed by atoms with E-state index in [-0.39, 0.29) is 5.57 Å². The third-order valence-electron chi connectivity index (χ3n) is 0.764. The van der Waals surface area contributed by atoms with E-state index in [1.165, 1.54) is 14.0 Å². The Labute approximate surface area is 85.4 Å². The Morgan fingerprint density at radius 1 is 1.43 bits per heavy atom. The summed E-state index contributed by atoms with van der Waals surface area (Å²) in [5, 5.41) is 24.2. The standard InChI is InChI=1S/C4H6O2.C3H6O4S/c1-3(2)4(5)6;1-7-8-3(6)2(4)5/h1H2,2H3,(H,5,6);3,6H,1H3,(H,4,5). The normalized spacial score (nSPS) is 10.8. The predicted molar refractivity (Wildman–Crippen MR) is 50.7 cm³/mol. The summed E-state index contributed by atoms with van der Waals surface area (Å²) < 4.78 is 4.25. The summed E-state index contributed by atoms with van der Waals surface area (Å²) in [7, 11) is 1.29. The molecule has 7 heteroatoms. The van der Waals surface area contributed by atoms with Gasteiger partial charge in [-0.05, 0) is 6.92 Å². The lowest BCUT2D eigenvalue weighted by Gasteiger charge is -1.98. The van der Waals surface area contributed by atoms with Crippen molar-refractivity contribution in [1.29, 1.82) is 0 Å². The molecule has 0 heterocycles. The Kier molecular flexibility index (Phi) is 9.41. The van der Waals surface area contributed by atoms with Crippen molar-refractivity contribution in [2.24, 2.45) is 0 Å². The molecule has 0 aromatic heterocycles. The fourth-order valence-corrected chi connectivity index (χ4v) is 0.397. The zero-order valence-electron chi connectivity index (χ0n) is 7.76. The fraction of sp³-hybridized carbons (Fsp3) is 0.429. The van der Waals surface area contributed by atoms with E-state index < -0.39 is 17.4 Å². The summed E-state index contributed by atoms with van der Waals surface area (Å²) in [6, 6.07) is 0. The van der Waals surface area contributed by atoms with Gasteiger partial charge in [-0.3, -0.25) is 0 Å². The second-order valence-electron chi connectivity index (χ2n) is 2.04. The van der Waals surface area contributed by atoms with Gasteiger partial charge in [0.2, 0.25) is 5.44 Å². The summed E-state index contributed by atoms with van der Waals surface area (Å²) >= 11 is 0.495. The minimum absolute atomic E-state index is 0.176. The highest BCUT2D eigenvalue weighted by molar-refractivity contribution is 7.95. The molecule has 0 bridgehead atoms. The van der Waals surface area contributed by atoms with Gasteiger partial charge in [-0.2, -0.15) is 0 Å². The van der Waals surface area contributed by atoms with Crippen molar-refractivity contribution in [3.05, 3.63) is 12.2 Å². The number of carboxylic acid groups (broad SMARTS) is 2. The van der Waals surface area contributed by atoms with Gasteiger partial charge in [-0.25, -0.2) is 9.59 Å². The SMILES string of the molecule is C=C(C)C(=O)O.COSC(O)C(=O)O. The number of carbonyl (C=O) groups is 2. The lowest BCUT2D eigenvalue weighted by molar-refractivity contribution is -0.142. The smallest absolute Gasteiger partial charge is 0.345 e. The summed E-state index contributed by atoms with van der Waals surface area (Å²) in [6.07, 6.45) is 0. The topological polar surface area (TPSA) is 104 Å². The van der Waals surface area contributed by atoms with Gasteiger partial charge in [0.1, 0.15) is 0 Å². The van der Waals surface area contributed by atoms with Crippen LogP contribution in [0.15, 0.2) is 12.2 Å². The minimum Gasteiger partial charge on any atom is -0.479 e. The van der Waals surface area contributed by atoms with Crippen LogP contribution < -0.4 is 0 Å². The van der Waals surface area contributed by atoms with Crippen molar-refractivity contribution in [1.82, 2.24) is 0 Å². The Hall–Kier alpha value is -1.05. The Bertz CT molecular complexity index is 202. The van der Waals surface area contributed by atoms with Crippen LogP contribution in [0.1, 0.15) is 6.92 Å². The van der Waals surface area contributed by atoms with Gasteiger partial charge in [0.05, 0.1) is 7.11 Å². The van der Waals surface area contributed by atoms with Crippen molar-refractivity contribution < 1.29 is 29.1 Å². The van der Waals surface area contributed by atoms with Gasteiger partial charge in [-0.1, -0.05) is 6.58 Å². The van der Waals surface area contributed by atoms with Gasteiger partial charge in [0.15, 0.2) is 0 Å². The van der Waals surface area contributed by atoms with Crippen molar-refractivity contribution in [2.45, 2.75) is 12.4 Å². The molecule has 3 N–H and O–H groups in total. The molecule has 1 unspecified atom stereocenters. The van der Waals surface area contributed by atoms with Crippen LogP contribution in [0.3, 0.4) is 0 Å². The van der Waals surface area contributed by atoms with E-state index in [9.17, 15) is 9.59 Å². The van der Waals surface area contributed by atoms with Crippen molar-refractivity contribution >= 4 is 24.0 Å². The monoisotopic (exact) mass is 224 g/mol. The van der Waals surface area contributed by atoms with Gasteiger partial charge in [0.25, 0.3) is 0 Å². The summed E-state index contributed by atoms with van der Waals surface area (Å²) in [5.41, 5.74) is -1.30. The van der Waals surface area contributed by atoms with E-state index in [4.69, 9.17) is 15.3 Å². The maximum Gasteiger partial charge on any atom is 0.345 e. The molecule has 0 aromatic carbocycles.